The highest BCUT2D eigenvalue weighted by Crippen LogP contribution is 2.64. The van der Waals surface area contributed by atoms with E-state index in [1.54, 1.807) is 0 Å². The van der Waals surface area contributed by atoms with Crippen molar-refractivity contribution < 1.29 is 4.74 Å². The molecule has 0 aromatic heterocycles. The van der Waals surface area contributed by atoms with Gasteiger partial charge in [-0.15, -0.1) is 0 Å². The van der Waals surface area contributed by atoms with E-state index in [4.69, 9.17) is 4.74 Å². The zero-order valence-electron chi connectivity index (χ0n) is 24.9. The van der Waals surface area contributed by atoms with Gasteiger partial charge in [-0.1, -0.05) is 133 Å². The summed E-state index contributed by atoms with van der Waals surface area (Å²) in [6.07, 6.45) is 0. The first kappa shape index (κ1) is 24.4. The third-order valence-corrected chi connectivity index (χ3v) is 10.7. The average molecular weight is 583 g/mol. The van der Waals surface area contributed by atoms with Crippen LogP contribution in [-0.2, 0) is 5.41 Å². The van der Waals surface area contributed by atoms with Gasteiger partial charge in [0.15, 0.2) is 0 Å². The summed E-state index contributed by atoms with van der Waals surface area (Å²) >= 11 is 0. The Morgan fingerprint density at radius 1 is 0.370 bits per heavy atom. The second kappa shape index (κ2) is 8.62. The summed E-state index contributed by atoms with van der Waals surface area (Å²) in [5.74, 6) is 1.83. The minimum absolute atomic E-state index is 0.392. The molecule has 0 atom stereocenters. The fourth-order valence-corrected chi connectivity index (χ4v) is 8.83. The molecule has 1 spiro atoms. The van der Waals surface area contributed by atoms with E-state index in [1.165, 1.54) is 77.2 Å². The maximum atomic E-state index is 6.59. The monoisotopic (exact) mass is 582 g/mol. The highest BCUT2D eigenvalue weighted by Gasteiger charge is 2.52. The number of hydrogen-bond donors (Lipinski definition) is 0. The summed E-state index contributed by atoms with van der Waals surface area (Å²) in [6.45, 7) is 0. The van der Waals surface area contributed by atoms with E-state index in [2.05, 4.69) is 158 Å². The lowest BCUT2D eigenvalue weighted by Crippen LogP contribution is -2.25. The van der Waals surface area contributed by atoms with Crippen LogP contribution in [0.1, 0.15) is 22.3 Å². The Labute approximate surface area is 267 Å². The van der Waals surface area contributed by atoms with Crippen molar-refractivity contribution in [1.29, 1.82) is 0 Å². The molecule has 0 saturated heterocycles. The van der Waals surface area contributed by atoms with Gasteiger partial charge in [-0.3, -0.25) is 0 Å². The lowest BCUT2D eigenvalue weighted by molar-refractivity contribution is 0.487. The van der Waals surface area contributed by atoms with Crippen molar-refractivity contribution >= 4 is 21.5 Å². The molecule has 2 aliphatic carbocycles. The Hall–Kier alpha value is -5.92. The van der Waals surface area contributed by atoms with Crippen LogP contribution in [0.25, 0.3) is 66.1 Å². The fourth-order valence-electron chi connectivity index (χ4n) is 8.83. The maximum absolute atomic E-state index is 6.59. The van der Waals surface area contributed by atoms with Gasteiger partial charge in [0.05, 0.1) is 5.41 Å². The van der Waals surface area contributed by atoms with E-state index >= 15 is 0 Å². The first-order valence-electron chi connectivity index (χ1n) is 16.0. The molecule has 0 bridgehead atoms. The second-order valence-electron chi connectivity index (χ2n) is 12.8. The predicted molar refractivity (Wildman–Crippen MR) is 189 cm³/mol. The molecule has 46 heavy (non-hydrogen) atoms. The van der Waals surface area contributed by atoms with Crippen molar-refractivity contribution in [2.75, 3.05) is 0 Å². The second-order valence-corrected chi connectivity index (χ2v) is 12.8. The van der Waals surface area contributed by atoms with Gasteiger partial charge in [0.25, 0.3) is 0 Å². The standard InChI is InChI=1S/C45H26O/c1-2-12-31-27(9-1)21-24-39-44(31)36-23-20-29(25-40(36)45(39)37-16-5-3-13-32(37)33-14-4-6-17-38(33)45)30-19-22-34-35-15-7-10-28-11-8-18-41(43(28)35)46-42(34)26-30/h1-26H. The van der Waals surface area contributed by atoms with Crippen molar-refractivity contribution in [3.05, 3.63) is 180 Å². The number of ether oxygens (including phenoxy) is 1. The molecule has 11 rings (SSSR count). The summed E-state index contributed by atoms with van der Waals surface area (Å²) in [6, 6.07) is 58.3. The highest BCUT2D eigenvalue weighted by molar-refractivity contribution is 6.07. The van der Waals surface area contributed by atoms with Crippen LogP contribution in [0.15, 0.2) is 158 Å². The van der Waals surface area contributed by atoms with E-state index in [0.717, 1.165) is 22.6 Å². The van der Waals surface area contributed by atoms with Crippen LogP contribution in [0.3, 0.4) is 0 Å². The van der Waals surface area contributed by atoms with E-state index < -0.39 is 5.41 Å². The smallest absolute Gasteiger partial charge is 0.135 e. The third kappa shape index (κ3) is 2.91. The molecule has 1 nitrogen and oxygen atoms in total. The van der Waals surface area contributed by atoms with Gasteiger partial charge < -0.3 is 4.74 Å². The Morgan fingerprint density at radius 3 is 1.85 bits per heavy atom. The summed E-state index contributed by atoms with van der Waals surface area (Å²) in [5, 5.41) is 4.98. The van der Waals surface area contributed by atoms with Crippen LogP contribution in [0.5, 0.6) is 11.5 Å². The topological polar surface area (TPSA) is 9.23 Å². The Balaban J connectivity index is 1.18. The maximum Gasteiger partial charge on any atom is 0.135 e. The molecule has 0 fully saturated rings. The first-order valence-corrected chi connectivity index (χ1v) is 16.0. The van der Waals surface area contributed by atoms with Crippen molar-refractivity contribution in [3.8, 4) is 56.0 Å². The molecular formula is C45H26O. The molecule has 0 unspecified atom stereocenters. The van der Waals surface area contributed by atoms with Crippen LogP contribution in [0, 0.1) is 0 Å². The zero-order valence-corrected chi connectivity index (χ0v) is 24.9. The van der Waals surface area contributed by atoms with Gasteiger partial charge in [-0.05, 0) is 102 Å². The lowest BCUT2D eigenvalue weighted by atomic mass is 9.70. The van der Waals surface area contributed by atoms with Gasteiger partial charge in [-0.25, -0.2) is 0 Å². The van der Waals surface area contributed by atoms with Crippen molar-refractivity contribution in [2.45, 2.75) is 5.41 Å². The largest absolute Gasteiger partial charge is 0.456 e. The molecule has 0 saturated carbocycles. The molecule has 0 amide bonds. The Bertz CT molecular complexity index is 2570. The van der Waals surface area contributed by atoms with Gasteiger partial charge in [0.1, 0.15) is 11.5 Å². The summed E-state index contributed by atoms with van der Waals surface area (Å²) in [5.41, 5.74) is 15.1. The lowest BCUT2D eigenvalue weighted by Gasteiger charge is -2.31. The normalized spacial score (nSPS) is 14.0. The zero-order chi connectivity index (χ0) is 30.0. The van der Waals surface area contributed by atoms with Crippen LogP contribution >= 0.6 is 0 Å². The molecular weight excluding hydrogens is 556 g/mol. The molecule has 0 radical (unpaired) electrons. The van der Waals surface area contributed by atoms with Crippen molar-refractivity contribution in [1.82, 2.24) is 0 Å². The van der Waals surface area contributed by atoms with E-state index in [1.807, 2.05) is 0 Å². The van der Waals surface area contributed by atoms with E-state index in [-0.39, 0.29) is 0 Å². The summed E-state index contributed by atoms with van der Waals surface area (Å²) in [7, 11) is 0. The molecule has 1 aliphatic heterocycles. The fraction of sp³-hybridized carbons (Fsp3) is 0.0222. The summed E-state index contributed by atoms with van der Waals surface area (Å²) < 4.78 is 6.59. The van der Waals surface area contributed by atoms with Crippen LogP contribution < -0.4 is 4.74 Å². The van der Waals surface area contributed by atoms with Gasteiger partial charge in [0, 0.05) is 10.9 Å². The average Bonchev–Trinajstić information content (AvgIpc) is 3.59. The molecule has 0 N–H and O–H groups in total. The minimum atomic E-state index is -0.392. The molecule has 8 aromatic carbocycles. The first-order chi connectivity index (χ1) is 22.8. The number of hydrogen-bond acceptors (Lipinski definition) is 1. The minimum Gasteiger partial charge on any atom is -0.456 e. The van der Waals surface area contributed by atoms with E-state index in [9.17, 15) is 0 Å². The molecule has 212 valence electrons. The number of benzene rings is 8. The number of rotatable bonds is 1. The third-order valence-electron chi connectivity index (χ3n) is 10.7. The quantitative estimate of drug-likeness (QED) is 0.187. The van der Waals surface area contributed by atoms with Gasteiger partial charge in [-0.2, -0.15) is 0 Å². The SMILES string of the molecule is c1ccc2c(c1)-c1ccccc1C21c2cc(-c3ccc4c(c3)Oc3cccc5cccc-4c35)ccc2-c2c1ccc1ccccc21. The Morgan fingerprint density at radius 2 is 1.02 bits per heavy atom. The summed E-state index contributed by atoms with van der Waals surface area (Å²) in [4.78, 5) is 0. The Kier molecular flexibility index (Phi) is 4.57. The molecule has 1 heteroatoms. The van der Waals surface area contributed by atoms with Crippen molar-refractivity contribution in [3.63, 3.8) is 0 Å². The molecule has 1 heterocycles. The van der Waals surface area contributed by atoms with Crippen LogP contribution in [0.2, 0.25) is 0 Å². The van der Waals surface area contributed by atoms with Gasteiger partial charge in [0.2, 0.25) is 0 Å². The van der Waals surface area contributed by atoms with E-state index in [0.29, 0.717) is 0 Å². The predicted octanol–water partition coefficient (Wildman–Crippen LogP) is 11.8. The number of fused-ring (bicyclic) bond motifs is 14. The highest BCUT2D eigenvalue weighted by atomic mass is 16.5. The van der Waals surface area contributed by atoms with Crippen molar-refractivity contribution in [2.24, 2.45) is 0 Å². The molecule has 8 aromatic rings. The van der Waals surface area contributed by atoms with Crippen LogP contribution in [-0.4, -0.2) is 0 Å². The van der Waals surface area contributed by atoms with Gasteiger partial charge >= 0.3 is 0 Å². The van der Waals surface area contributed by atoms with Crippen LogP contribution in [0.4, 0.5) is 0 Å². The molecule has 3 aliphatic rings.